The topological polar surface area (TPSA) is 48.7 Å². The smallest absolute Gasteiger partial charge is 0.229 e. The lowest BCUT2D eigenvalue weighted by molar-refractivity contribution is 0.101. The Morgan fingerprint density at radius 2 is 1.85 bits per heavy atom. The molecule has 0 amide bonds. The van der Waals surface area contributed by atoms with Gasteiger partial charge >= 0.3 is 0 Å². The van der Waals surface area contributed by atoms with Crippen LogP contribution in [0.2, 0.25) is 5.22 Å². The quantitative estimate of drug-likeness (QED) is 0.760. The highest BCUT2D eigenvalue weighted by Crippen LogP contribution is 2.36. The van der Waals surface area contributed by atoms with Crippen LogP contribution < -0.4 is 9.47 Å². The number of ketones is 1. The lowest BCUT2D eigenvalue weighted by Crippen LogP contribution is -2.02. The van der Waals surface area contributed by atoms with Gasteiger partial charge in [-0.2, -0.15) is 0 Å². The first-order valence-corrected chi connectivity index (χ1v) is 7.21. The fourth-order valence-corrected chi connectivity index (χ4v) is 2.58. The molecule has 0 radical (unpaired) electrons. The number of hydrogen-bond donors (Lipinski definition) is 0. The molecule has 4 nitrogen and oxygen atoms in total. The van der Waals surface area contributed by atoms with Crippen molar-refractivity contribution in [3.8, 4) is 11.5 Å². The highest BCUT2D eigenvalue weighted by atomic mass is 79.9. The summed E-state index contributed by atoms with van der Waals surface area (Å²) < 4.78 is 16.9. The third-order valence-electron chi connectivity index (χ3n) is 2.88. The van der Waals surface area contributed by atoms with E-state index in [4.69, 9.17) is 25.5 Å². The Morgan fingerprint density at radius 1 is 1.15 bits per heavy atom. The van der Waals surface area contributed by atoms with Gasteiger partial charge in [0.1, 0.15) is 0 Å². The molecule has 20 heavy (non-hydrogen) atoms. The monoisotopic (exact) mass is 356 g/mol. The summed E-state index contributed by atoms with van der Waals surface area (Å²) in [6.45, 7) is 1.16. The molecule has 1 aliphatic heterocycles. The summed E-state index contributed by atoms with van der Waals surface area (Å²) in [4.78, 5) is 12.4. The molecular weight excluding hydrogens is 348 g/mol. The predicted molar refractivity (Wildman–Crippen MR) is 76.9 cm³/mol. The third kappa shape index (κ3) is 2.55. The number of carbonyl (C=O) groups is 1. The van der Waals surface area contributed by atoms with Crippen LogP contribution in [-0.4, -0.2) is 19.0 Å². The first kappa shape index (κ1) is 13.5. The second-order valence-electron chi connectivity index (χ2n) is 4.26. The number of rotatable bonds is 2. The van der Waals surface area contributed by atoms with Crippen molar-refractivity contribution in [2.45, 2.75) is 6.42 Å². The SMILES string of the molecule is O=C(c1ccc(Cl)o1)c1cc2c(cc1Br)OCCCO2. The minimum atomic E-state index is -0.264. The van der Waals surface area contributed by atoms with Crippen LogP contribution in [0.3, 0.4) is 0 Å². The summed E-state index contributed by atoms with van der Waals surface area (Å²) in [7, 11) is 0. The van der Waals surface area contributed by atoms with Crippen molar-refractivity contribution in [2.24, 2.45) is 0 Å². The number of benzene rings is 1. The van der Waals surface area contributed by atoms with E-state index in [1.807, 2.05) is 0 Å². The number of halogens is 2. The van der Waals surface area contributed by atoms with Crippen LogP contribution in [0.15, 0.2) is 33.2 Å². The lowest BCUT2D eigenvalue weighted by atomic mass is 10.1. The van der Waals surface area contributed by atoms with Gasteiger partial charge in [0.15, 0.2) is 22.5 Å². The molecule has 2 heterocycles. The predicted octanol–water partition coefficient (Wildman–Crippen LogP) is 4.09. The van der Waals surface area contributed by atoms with Crippen LogP contribution in [0, 0.1) is 0 Å². The van der Waals surface area contributed by atoms with E-state index in [2.05, 4.69) is 15.9 Å². The zero-order chi connectivity index (χ0) is 14.1. The Kier molecular flexibility index (Phi) is 3.72. The molecule has 1 aromatic heterocycles. The first-order chi connectivity index (χ1) is 9.65. The molecule has 0 fully saturated rings. The number of ether oxygens (including phenoxy) is 2. The van der Waals surface area contributed by atoms with E-state index >= 15 is 0 Å². The normalized spacial score (nSPS) is 13.9. The van der Waals surface area contributed by atoms with E-state index in [0.717, 1.165) is 6.42 Å². The van der Waals surface area contributed by atoms with E-state index in [-0.39, 0.29) is 16.8 Å². The largest absolute Gasteiger partial charge is 0.490 e. The summed E-state index contributed by atoms with van der Waals surface area (Å²) in [5, 5.41) is 0.179. The second kappa shape index (κ2) is 5.50. The first-order valence-electron chi connectivity index (χ1n) is 6.04. The Labute approximate surface area is 128 Å². The summed E-state index contributed by atoms with van der Waals surface area (Å²) in [6, 6.07) is 6.47. The van der Waals surface area contributed by atoms with Gasteiger partial charge in [0.2, 0.25) is 5.78 Å². The number of fused-ring (bicyclic) bond motifs is 1. The number of hydrogen-bond acceptors (Lipinski definition) is 4. The van der Waals surface area contributed by atoms with Crippen LogP contribution in [0.4, 0.5) is 0 Å². The molecule has 1 aromatic carbocycles. The number of carbonyl (C=O) groups excluding carboxylic acids is 1. The van der Waals surface area contributed by atoms with Crippen molar-refractivity contribution < 1.29 is 18.7 Å². The van der Waals surface area contributed by atoms with Gasteiger partial charge in [-0.15, -0.1) is 0 Å². The Bertz CT molecular complexity index is 665. The second-order valence-corrected chi connectivity index (χ2v) is 5.49. The molecule has 0 N–H and O–H groups in total. The average Bonchev–Trinajstić information content (AvgIpc) is 2.73. The van der Waals surface area contributed by atoms with Crippen LogP contribution >= 0.6 is 27.5 Å². The molecule has 0 saturated carbocycles. The molecule has 0 unspecified atom stereocenters. The Balaban J connectivity index is 2.01. The summed E-state index contributed by atoms with van der Waals surface area (Å²) in [6.07, 6.45) is 0.809. The molecule has 3 rings (SSSR count). The molecule has 104 valence electrons. The van der Waals surface area contributed by atoms with E-state index < -0.39 is 0 Å². The van der Waals surface area contributed by atoms with Crippen molar-refractivity contribution in [1.82, 2.24) is 0 Å². The maximum absolute atomic E-state index is 12.4. The highest BCUT2D eigenvalue weighted by molar-refractivity contribution is 9.10. The molecule has 0 aliphatic carbocycles. The summed E-state index contributed by atoms with van der Waals surface area (Å²) in [5.41, 5.74) is 0.445. The van der Waals surface area contributed by atoms with Crippen LogP contribution in [0.25, 0.3) is 0 Å². The molecule has 2 aromatic rings. The third-order valence-corrected chi connectivity index (χ3v) is 3.74. The molecule has 0 spiro atoms. The van der Waals surface area contributed by atoms with Gasteiger partial charge in [-0.1, -0.05) is 0 Å². The summed E-state index contributed by atoms with van der Waals surface area (Å²) >= 11 is 9.07. The van der Waals surface area contributed by atoms with E-state index in [0.29, 0.717) is 34.7 Å². The van der Waals surface area contributed by atoms with Gasteiger partial charge in [-0.25, -0.2) is 0 Å². The van der Waals surface area contributed by atoms with Gasteiger partial charge in [-0.3, -0.25) is 4.79 Å². The van der Waals surface area contributed by atoms with E-state index in [1.54, 1.807) is 18.2 Å². The van der Waals surface area contributed by atoms with Crippen molar-refractivity contribution in [2.75, 3.05) is 13.2 Å². The van der Waals surface area contributed by atoms with Crippen molar-refractivity contribution in [1.29, 1.82) is 0 Å². The Morgan fingerprint density at radius 3 is 2.50 bits per heavy atom. The highest BCUT2D eigenvalue weighted by Gasteiger charge is 2.21. The van der Waals surface area contributed by atoms with E-state index in [9.17, 15) is 4.79 Å². The minimum Gasteiger partial charge on any atom is -0.490 e. The van der Waals surface area contributed by atoms with Gasteiger partial charge in [-0.05, 0) is 51.8 Å². The van der Waals surface area contributed by atoms with Crippen LogP contribution in [0.1, 0.15) is 22.5 Å². The molecule has 0 saturated heterocycles. The lowest BCUT2D eigenvalue weighted by Gasteiger charge is -2.10. The van der Waals surface area contributed by atoms with Crippen molar-refractivity contribution in [3.63, 3.8) is 0 Å². The maximum atomic E-state index is 12.4. The van der Waals surface area contributed by atoms with Gasteiger partial charge in [0.05, 0.1) is 13.2 Å². The fourth-order valence-electron chi connectivity index (χ4n) is 1.93. The van der Waals surface area contributed by atoms with E-state index in [1.165, 1.54) is 6.07 Å². The van der Waals surface area contributed by atoms with Gasteiger partial charge in [0, 0.05) is 16.5 Å². The Hall–Kier alpha value is -1.46. The van der Waals surface area contributed by atoms with Gasteiger partial charge < -0.3 is 13.9 Å². The molecule has 0 bridgehead atoms. The zero-order valence-electron chi connectivity index (χ0n) is 10.3. The summed E-state index contributed by atoms with van der Waals surface area (Å²) in [5.74, 6) is 1.11. The molecule has 0 atom stereocenters. The zero-order valence-corrected chi connectivity index (χ0v) is 12.7. The maximum Gasteiger partial charge on any atom is 0.229 e. The molecule has 1 aliphatic rings. The van der Waals surface area contributed by atoms with Crippen molar-refractivity contribution >= 4 is 33.3 Å². The molecule has 6 heteroatoms. The standard InChI is InChI=1S/C14H10BrClO4/c15-9-7-12-11(18-4-1-5-19-12)6-8(9)14(17)10-2-3-13(16)20-10/h2-3,6-7H,1,4-5H2. The molecular formula is C14H10BrClO4. The minimum absolute atomic E-state index is 0.179. The number of furan rings is 1. The van der Waals surface area contributed by atoms with Crippen LogP contribution in [0.5, 0.6) is 11.5 Å². The average molecular weight is 358 g/mol. The fraction of sp³-hybridized carbons (Fsp3) is 0.214. The van der Waals surface area contributed by atoms with Gasteiger partial charge in [0.25, 0.3) is 0 Å². The van der Waals surface area contributed by atoms with Crippen molar-refractivity contribution in [3.05, 3.63) is 45.3 Å². The van der Waals surface area contributed by atoms with Crippen LogP contribution in [-0.2, 0) is 0 Å².